The molecule has 5 heteroatoms. The first kappa shape index (κ1) is 19.6. The van der Waals surface area contributed by atoms with Crippen molar-refractivity contribution in [3.05, 3.63) is 64.7 Å². The van der Waals surface area contributed by atoms with E-state index in [0.717, 1.165) is 43.2 Å². The van der Waals surface area contributed by atoms with Gasteiger partial charge in [0, 0.05) is 43.4 Å². The van der Waals surface area contributed by atoms with Crippen LogP contribution in [0.4, 0.5) is 10.5 Å². The molecule has 0 aliphatic carbocycles. The summed E-state index contributed by atoms with van der Waals surface area (Å²) in [6.45, 7) is 8.29. The third kappa shape index (κ3) is 5.16. The van der Waals surface area contributed by atoms with E-state index >= 15 is 0 Å². The minimum Gasteiger partial charge on any atom is -0.368 e. The van der Waals surface area contributed by atoms with Crippen molar-refractivity contribution < 1.29 is 4.79 Å². The maximum atomic E-state index is 12.4. The number of carbonyl (C=O) groups excluding carboxylic acids is 1. The highest BCUT2D eigenvalue weighted by Crippen LogP contribution is 2.28. The number of carbonyl (C=O) groups is 1. The molecule has 0 unspecified atom stereocenters. The SMILES string of the molecule is CC(C)c1ccccc1N1CCN(C(=O)NCCc2cccc(Cl)c2)CC1. The molecule has 0 bridgehead atoms. The summed E-state index contributed by atoms with van der Waals surface area (Å²) >= 11 is 6.00. The van der Waals surface area contributed by atoms with Crippen molar-refractivity contribution >= 4 is 23.3 Å². The maximum absolute atomic E-state index is 12.4. The number of nitrogens with zero attached hydrogens (tertiary/aromatic N) is 2. The molecule has 0 radical (unpaired) electrons. The van der Waals surface area contributed by atoms with E-state index < -0.39 is 0 Å². The second kappa shape index (κ2) is 9.14. The van der Waals surface area contributed by atoms with Crippen molar-refractivity contribution in [2.75, 3.05) is 37.6 Å². The summed E-state index contributed by atoms with van der Waals surface area (Å²) in [5.41, 5.74) is 3.81. The topological polar surface area (TPSA) is 35.6 Å². The second-order valence-electron chi connectivity index (χ2n) is 7.30. The Balaban J connectivity index is 1.48. The van der Waals surface area contributed by atoms with Crippen molar-refractivity contribution in [3.63, 3.8) is 0 Å². The van der Waals surface area contributed by atoms with Gasteiger partial charge in [-0.3, -0.25) is 0 Å². The molecule has 27 heavy (non-hydrogen) atoms. The molecule has 0 saturated carbocycles. The molecule has 1 aliphatic rings. The van der Waals surface area contributed by atoms with Crippen molar-refractivity contribution in [2.45, 2.75) is 26.2 Å². The minimum atomic E-state index is 0.0221. The zero-order valence-electron chi connectivity index (χ0n) is 16.1. The quantitative estimate of drug-likeness (QED) is 0.820. The van der Waals surface area contributed by atoms with E-state index in [4.69, 9.17) is 11.6 Å². The van der Waals surface area contributed by atoms with Crippen molar-refractivity contribution in [1.29, 1.82) is 0 Å². The zero-order valence-corrected chi connectivity index (χ0v) is 16.9. The number of piperazine rings is 1. The van der Waals surface area contributed by atoms with Gasteiger partial charge in [0.1, 0.15) is 0 Å². The molecule has 1 fully saturated rings. The van der Waals surface area contributed by atoms with E-state index in [0.29, 0.717) is 12.5 Å². The number of para-hydroxylation sites is 1. The summed E-state index contributed by atoms with van der Waals surface area (Å²) in [5, 5.41) is 3.76. The van der Waals surface area contributed by atoms with Gasteiger partial charge in [-0.05, 0) is 41.7 Å². The Hall–Kier alpha value is -2.20. The largest absolute Gasteiger partial charge is 0.368 e. The van der Waals surface area contributed by atoms with Crippen molar-refractivity contribution in [2.24, 2.45) is 0 Å². The van der Waals surface area contributed by atoms with Crippen LogP contribution in [0.1, 0.15) is 30.9 Å². The van der Waals surface area contributed by atoms with Gasteiger partial charge in [-0.15, -0.1) is 0 Å². The number of anilines is 1. The van der Waals surface area contributed by atoms with E-state index in [1.807, 2.05) is 29.2 Å². The lowest BCUT2D eigenvalue weighted by molar-refractivity contribution is 0.194. The Morgan fingerprint density at radius 3 is 2.52 bits per heavy atom. The predicted octanol–water partition coefficient (Wildman–Crippen LogP) is 4.54. The summed E-state index contributed by atoms with van der Waals surface area (Å²) in [4.78, 5) is 16.7. The highest BCUT2D eigenvalue weighted by molar-refractivity contribution is 6.30. The number of hydrogen-bond donors (Lipinski definition) is 1. The van der Waals surface area contributed by atoms with Crippen LogP contribution in [-0.2, 0) is 6.42 Å². The Morgan fingerprint density at radius 1 is 1.07 bits per heavy atom. The van der Waals surface area contributed by atoms with Crippen molar-refractivity contribution in [3.8, 4) is 0 Å². The van der Waals surface area contributed by atoms with Gasteiger partial charge >= 0.3 is 6.03 Å². The third-order valence-corrected chi connectivity index (χ3v) is 5.28. The van der Waals surface area contributed by atoms with Gasteiger partial charge in [-0.25, -0.2) is 4.79 Å². The highest BCUT2D eigenvalue weighted by Gasteiger charge is 2.22. The summed E-state index contributed by atoms with van der Waals surface area (Å²) < 4.78 is 0. The summed E-state index contributed by atoms with van der Waals surface area (Å²) in [6, 6.07) is 16.4. The number of urea groups is 1. The van der Waals surface area contributed by atoms with Gasteiger partial charge in [0.15, 0.2) is 0 Å². The lowest BCUT2D eigenvalue weighted by atomic mass is 10.00. The van der Waals surface area contributed by atoms with E-state index in [2.05, 4.69) is 48.3 Å². The number of nitrogens with one attached hydrogen (secondary N) is 1. The number of hydrogen-bond acceptors (Lipinski definition) is 2. The molecule has 1 N–H and O–H groups in total. The number of rotatable bonds is 5. The maximum Gasteiger partial charge on any atom is 0.317 e. The number of benzene rings is 2. The van der Waals surface area contributed by atoms with Crippen LogP contribution < -0.4 is 10.2 Å². The number of amides is 2. The molecule has 3 rings (SSSR count). The van der Waals surface area contributed by atoms with Crippen LogP contribution in [0.3, 0.4) is 0 Å². The molecule has 1 aliphatic heterocycles. The average Bonchev–Trinajstić information content (AvgIpc) is 2.68. The molecule has 2 aromatic carbocycles. The summed E-state index contributed by atoms with van der Waals surface area (Å²) in [5.74, 6) is 0.494. The van der Waals surface area contributed by atoms with Crippen LogP contribution in [0.2, 0.25) is 5.02 Å². The standard InChI is InChI=1S/C22H28ClN3O/c1-17(2)20-8-3-4-9-21(20)25-12-14-26(15-13-25)22(27)24-11-10-18-6-5-7-19(23)16-18/h3-9,16-17H,10-15H2,1-2H3,(H,24,27). The number of halogens is 1. The molecule has 0 atom stereocenters. The molecule has 4 nitrogen and oxygen atoms in total. The first-order valence-corrected chi connectivity index (χ1v) is 10.0. The highest BCUT2D eigenvalue weighted by atomic mass is 35.5. The molecular formula is C22H28ClN3O. The van der Waals surface area contributed by atoms with Crippen LogP contribution >= 0.6 is 11.6 Å². The molecular weight excluding hydrogens is 358 g/mol. The van der Waals surface area contributed by atoms with E-state index in [9.17, 15) is 4.79 Å². The van der Waals surface area contributed by atoms with Gasteiger partial charge < -0.3 is 15.1 Å². The molecule has 2 aromatic rings. The van der Waals surface area contributed by atoms with E-state index in [1.165, 1.54) is 11.3 Å². The van der Waals surface area contributed by atoms with Crippen LogP contribution in [0.5, 0.6) is 0 Å². The third-order valence-electron chi connectivity index (χ3n) is 5.05. The Kier molecular flexibility index (Phi) is 6.62. The normalized spacial score (nSPS) is 14.5. The summed E-state index contributed by atoms with van der Waals surface area (Å²) in [7, 11) is 0. The monoisotopic (exact) mass is 385 g/mol. The first-order chi connectivity index (χ1) is 13.0. The van der Waals surface area contributed by atoms with Crippen LogP contribution in [0.15, 0.2) is 48.5 Å². The molecule has 144 valence electrons. The van der Waals surface area contributed by atoms with Gasteiger partial charge in [0.05, 0.1) is 0 Å². The smallest absolute Gasteiger partial charge is 0.317 e. The molecule has 0 spiro atoms. The zero-order chi connectivity index (χ0) is 19.2. The lowest BCUT2D eigenvalue weighted by Gasteiger charge is -2.37. The molecule has 2 amide bonds. The Labute approximate surface area is 167 Å². The predicted molar refractivity (Wildman–Crippen MR) is 113 cm³/mol. The molecule has 1 saturated heterocycles. The molecule has 0 aromatic heterocycles. The average molecular weight is 386 g/mol. The lowest BCUT2D eigenvalue weighted by Crippen LogP contribution is -2.52. The van der Waals surface area contributed by atoms with Crippen LogP contribution in [0.25, 0.3) is 0 Å². The first-order valence-electron chi connectivity index (χ1n) is 9.65. The van der Waals surface area contributed by atoms with E-state index in [-0.39, 0.29) is 6.03 Å². The van der Waals surface area contributed by atoms with Crippen LogP contribution in [-0.4, -0.2) is 43.7 Å². The van der Waals surface area contributed by atoms with Crippen molar-refractivity contribution in [1.82, 2.24) is 10.2 Å². The summed E-state index contributed by atoms with van der Waals surface area (Å²) in [6.07, 6.45) is 0.786. The van der Waals surface area contributed by atoms with E-state index in [1.54, 1.807) is 0 Å². The Morgan fingerprint density at radius 2 is 1.81 bits per heavy atom. The van der Waals surface area contributed by atoms with Crippen LogP contribution in [0, 0.1) is 0 Å². The van der Waals surface area contributed by atoms with Gasteiger partial charge in [0.25, 0.3) is 0 Å². The molecule has 1 heterocycles. The fourth-order valence-corrected chi connectivity index (χ4v) is 3.75. The fraction of sp³-hybridized carbons (Fsp3) is 0.409. The minimum absolute atomic E-state index is 0.0221. The fourth-order valence-electron chi connectivity index (χ4n) is 3.53. The van der Waals surface area contributed by atoms with Gasteiger partial charge in [-0.1, -0.05) is 55.8 Å². The second-order valence-corrected chi connectivity index (χ2v) is 7.74. The van der Waals surface area contributed by atoms with Gasteiger partial charge in [0.2, 0.25) is 0 Å². The Bertz CT molecular complexity index is 770. The van der Waals surface area contributed by atoms with Gasteiger partial charge in [-0.2, -0.15) is 0 Å².